The Bertz CT molecular complexity index is 497. The van der Waals surface area contributed by atoms with Crippen molar-refractivity contribution in [1.29, 1.82) is 0 Å². The molecule has 6 nitrogen and oxygen atoms in total. The average molecular weight is 292 g/mol. The second-order valence-electron chi connectivity index (χ2n) is 4.61. The van der Waals surface area contributed by atoms with E-state index in [1.807, 2.05) is 0 Å². The van der Waals surface area contributed by atoms with Crippen LogP contribution >= 0.6 is 0 Å². The van der Waals surface area contributed by atoms with Gasteiger partial charge >= 0.3 is 5.97 Å². The van der Waals surface area contributed by atoms with E-state index >= 15 is 0 Å². The van der Waals surface area contributed by atoms with Gasteiger partial charge in [0, 0.05) is 6.08 Å². The molecule has 0 heterocycles. The summed E-state index contributed by atoms with van der Waals surface area (Å²) in [5.74, 6) is -1.39. The number of aromatic hydroxyl groups is 1. The molecule has 0 aromatic heterocycles. The van der Waals surface area contributed by atoms with Gasteiger partial charge in [-0.25, -0.2) is 4.79 Å². The number of carboxylic acid groups (broad SMARTS) is 1. The molecule has 1 rings (SSSR count). The van der Waals surface area contributed by atoms with Crippen LogP contribution in [0.15, 0.2) is 30.3 Å². The third-order valence-electron chi connectivity index (χ3n) is 2.88. The molecule has 114 valence electrons. The standard InChI is InChI=1S/C15H20N2O4/c16-10-2-1-3-13(15(20)21)17-14(19)9-6-11-4-7-12(18)8-5-11/h4-9,13,18H,1-3,10,16H2,(H,17,19)(H,20,21)/b9-6+/t13-/m0/s1. The first-order chi connectivity index (χ1) is 10.0. The molecule has 0 aliphatic heterocycles. The van der Waals surface area contributed by atoms with Crippen molar-refractivity contribution in [3.05, 3.63) is 35.9 Å². The topological polar surface area (TPSA) is 113 Å². The molecule has 21 heavy (non-hydrogen) atoms. The normalized spacial score (nSPS) is 12.2. The third-order valence-corrected chi connectivity index (χ3v) is 2.88. The van der Waals surface area contributed by atoms with Crippen LogP contribution in [0.2, 0.25) is 0 Å². The first-order valence-corrected chi connectivity index (χ1v) is 6.73. The number of hydrogen-bond acceptors (Lipinski definition) is 4. The maximum Gasteiger partial charge on any atom is 0.326 e. The number of benzene rings is 1. The Morgan fingerprint density at radius 3 is 2.48 bits per heavy atom. The summed E-state index contributed by atoms with van der Waals surface area (Å²) in [6, 6.07) is 5.40. The van der Waals surface area contributed by atoms with E-state index in [0.717, 1.165) is 12.0 Å². The maximum atomic E-state index is 11.7. The lowest BCUT2D eigenvalue weighted by Gasteiger charge is -2.12. The molecular weight excluding hydrogens is 272 g/mol. The third kappa shape index (κ3) is 6.58. The Kier molecular flexibility index (Phi) is 6.97. The monoisotopic (exact) mass is 292 g/mol. The fourth-order valence-electron chi connectivity index (χ4n) is 1.73. The summed E-state index contributed by atoms with van der Waals surface area (Å²) in [5.41, 5.74) is 6.09. The fourth-order valence-corrected chi connectivity index (χ4v) is 1.73. The second-order valence-corrected chi connectivity index (χ2v) is 4.61. The van der Waals surface area contributed by atoms with Crippen molar-refractivity contribution in [1.82, 2.24) is 5.32 Å². The summed E-state index contributed by atoms with van der Waals surface area (Å²) in [6.07, 6.45) is 4.54. The summed E-state index contributed by atoms with van der Waals surface area (Å²) in [6.45, 7) is 0.501. The van der Waals surface area contributed by atoms with Crippen molar-refractivity contribution in [3.63, 3.8) is 0 Å². The Labute approximate surface area is 123 Å². The van der Waals surface area contributed by atoms with E-state index in [-0.39, 0.29) is 5.75 Å². The van der Waals surface area contributed by atoms with Crippen LogP contribution in [0.1, 0.15) is 24.8 Å². The molecule has 1 amide bonds. The minimum atomic E-state index is -1.06. The summed E-state index contributed by atoms with van der Waals surface area (Å²) in [7, 11) is 0. The van der Waals surface area contributed by atoms with E-state index in [2.05, 4.69) is 5.32 Å². The zero-order chi connectivity index (χ0) is 15.7. The molecule has 6 heteroatoms. The number of nitrogens with two attached hydrogens (primary N) is 1. The molecule has 0 saturated carbocycles. The van der Waals surface area contributed by atoms with E-state index in [1.165, 1.54) is 18.2 Å². The predicted molar refractivity (Wildman–Crippen MR) is 79.6 cm³/mol. The Hall–Kier alpha value is -2.34. The number of phenols is 1. The number of rotatable bonds is 8. The molecule has 1 aromatic carbocycles. The van der Waals surface area contributed by atoms with Crippen LogP contribution in [0, 0.1) is 0 Å². The summed E-state index contributed by atoms with van der Waals surface area (Å²) in [5, 5.41) is 20.6. The number of aliphatic carboxylic acids is 1. The van der Waals surface area contributed by atoms with Crippen molar-refractivity contribution in [2.24, 2.45) is 5.73 Å². The van der Waals surface area contributed by atoms with Gasteiger partial charge in [0.1, 0.15) is 11.8 Å². The van der Waals surface area contributed by atoms with E-state index in [1.54, 1.807) is 18.2 Å². The highest BCUT2D eigenvalue weighted by atomic mass is 16.4. The number of amides is 1. The van der Waals surface area contributed by atoms with Crippen LogP contribution in [0.25, 0.3) is 6.08 Å². The minimum absolute atomic E-state index is 0.141. The summed E-state index contributed by atoms with van der Waals surface area (Å²) >= 11 is 0. The van der Waals surface area contributed by atoms with E-state index in [4.69, 9.17) is 15.9 Å². The van der Waals surface area contributed by atoms with Crippen LogP contribution in [0.3, 0.4) is 0 Å². The van der Waals surface area contributed by atoms with Gasteiger partial charge in [-0.3, -0.25) is 4.79 Å². The minimum Gasteiger partial charge on any atom is -0.508 e. The molecule has 0 aliphatic carbocycles. The number of carboxylic acids is 1. The number of phenolic OH excluding ortho intramolecular Hbond substituents is 1. The lowest BCUT2D eigenvalue weighted by Crippen LogP contribution is -2.39. The van der Waals surface area contributed by atoms with Gasteiger partial charge in [0.25, 0.3) is 0 Å². The van der Waals surface area contributed by atoms with Crippen molar-refractivity contribution >= 4 is 18.0 Å². The van der Waals surface area contributed by atoms with Gasteiger partial charge in [0.15, 0.2) is 0 Å². The molecule has 1 atom stereocenters. The number of hydrogen-bond donors (Lipinski definition) is 4. The van der Waals surface area contributed by atoms with Gasteiger partial charge in [-0.1, -0.05) is 12.1 Å². The average Bonchev–Trinajstić information content (AvgIpc) is 2.45. The van der Waals surface area contributed by atoms with Gasteiger partial charge in [-0.15, -0.1) is 0 Å². The van der Waals surface area contributed by atoms with Crippen LogP contribution in [0.4, 0.5) is 0 Å². The molecule has 0 radical (unpaired) electrons. The second kappa shape index (κ2) is 8.76. The molecule has 0 fully saturated rings. The Morgan fingerprint density at radius 2 is 1.90 bits per heavy atom. The molecule has 0 saturated heterocycles. The van der Waals surface area contributed by atoms with Gasteiger partial charge in [-0.2, -0.15) is 0 Å². The highest BCUT2D eigenvalue weighted by Gasteiger charge is 2.17. The molecule has 1 aromatic rings. The zero-order valence-corrected chi connectivity index (χ0v) is 11.7. The van der Waals surface area contributed by atoms with Crippen molar-refractivity contribution in [3.8, 4) is 5.75 Å². The molecule has 0 unspecified atom stereocenters. The molecule has 5 N–H and O–H groups in total. The SMILES string of the molecule is NCCCC[C@H](NC(=O)/C=C/c1ccc(O)cc1)C(=O)O. The maximum absolute atomic E-state index is 11.7. The Balaban J connectivity index is 2.53. The van der Waals surface area contributed by atoms with Crippen LogP contribution in [0.5, 0.6) is 5.75 Å². The highest BCUT2D eigenvalue weighted by Crippen LogP contribution is 2.10. The first-order valence-electron chi connectivity index (χ1n) is 6.73. The van der Waals surface area contributed by atoms with E-state index in [0.29, 0.717) is 19.4 Å². The van der Waals surface area contributed by atoms with Crippen molar-refractivity contribution in [2.45, 2.75) is 25.3 Å². The molecule has 0 spiro atoms. The van der Waals surface area contributed by atoms with E-state index in [9.17, 15) is 9.59 Å². The van der Waals surface area contributed by atoms with Crippen LogP contribution < -0.4 is 11.1 Å². The number of carbonyl (C=O) groups is 2. The number of unbranched alkanes of at least 4 members (excludes halogenated alkanes) is 1. The Morgan fingerprint density at radius 1 is 1.24 bits per heavy atom. The molecule has 0 aliphatic rings. The van der Waals surface area contributed by atoms with Crippen molar-refractivity contribution in [2.75, 3.05) is 6.54 Å². The quantitative estimate of drug-likeness (QED) is 0.423. The van der Waals surface area contributed by atoms with Gasteiger partial charge in [0.2, 0.25) is 5.91 Å². The number of carbonyl (C=O) groups excluding carboxylic acids is 1. The van der Waals surface area contributed by atoms with Gasteiger partial charge in [0.05, 0.1) is 0 Å². The zero-order valence-electron chi connectivity index (χ0n) is 11.7. The van der Waals surface area contributed by atoms with Crippen LogP contribution in [-0.2, 0) is 9.59 Å². The largest absolute Gasteiger partial charge is 0.508 e. The summed E-state index contributed by atoms with van der Waals surface area (Å²) < 4.78 is 0. The van der Waals surface area contributed by atoms with Gasteiger partial charge < -0.3 is 21.3 Å². The first kappa shape index (κ1) is 16.7. The van der Waals surface area contributed by atoms with Crippen molar-refractivity contribution < 1.29 is 19.8 Å². The highest BCUT2D eigenvalue weighted by molar-refractivity contribution is 5.94. The lowest BCUT2D eigenvalue weighted by molar-refractivity contribution is -0.141. The molecule has 0 bridgehead atoms. The lowest BCUT2D eigenvalue weighted by atomic mass is 10.1. The van der Waals surface area contributed by atoms with Crippen LogP contribution in [-0.4, -0.2) is 34.7 Å². The van der Waals surface area contributed by atoms with E-state index < -0.39 is 17.9 Å². The number of nitrogens with one attached hydrogen (secondary N) is 1. The predicted octanol–water partition coefficient (Wildman–Crippen LogP) is 1.10. The molecular formula is C15H20N2O4. The fraction of sp³-hybridized carbons (Fsp3) is 0.333. The summed E-state index contributed by atoms with van der Waals surface area (Å²) in [4.78, 5) is 22.7. The van der Waals surface area contributed by atoms with Gasteiger partial charge in [-0.05, 0) is 49.6 Å². The smallest absolute Gasteiger partial charge is 0.326 e.